The first kappa shape index (κ1) is 15.8. The maximum atomic E-state index is 14.0. The van der Waals surface area contributed by atoms with Gasteiger partial charge in [-0.3, -0.25) is 14.8 Å². The molecule has 0 aliphatic heterocycles. The van der Waals surface area contributed by atoms with Crippen molar-refractivity contribution in [1.29, 1.82) is 0 Å². The maximum Gasteiger partial charge on any atom is 0.270 e. The number of aryl methyl sites for hydroxylation is 1. The number of hydrogen-bond donors (Lipinski definition) is 1. The van der Waals surface area contributed by atoms with Crippen LogP contribution in [0.1, 0.15) is 21.6 Å². The highest BCUT2D eigenvalue weighted by molar-refractivity contribution is 5.92. The van der Waals surface area contributed by atoms with E-state index < -0.39 is 0 Å². The molecule has 0 radical (unpaired) electrons. The number of halogens is 1. The summed E-state index contributed by atoms with van der Waals surface area (Å²) >= 11 is 0. The SMILES string of the molecule is Cc1ccc(-c2ccc(C(=O)NCc3cccnc3)nc2)c(F)c1. The minimum absolute atomic E-state index is 0.283. The molecule has 120 valence electrons. The summed E-state index contributed by atoms with van der Waals surface area (Å²) in [5.74, 6) is -0.583. The Morgan fingerprint density at radius 1 is 1.17 bits per heavy atom. The molecule has 0 unspecified atom stereocenters. The van der Waals surface area contributed by atoms with Gasteiger partial charge in [0.2, 0.25) is 0 Å². The van der Waals surface area contributed by atoms with Crippen LogP contribution in [0.4, 0.5) is 4.39 Å². The molecule has 0 atom stereocenters. The van der Waals surface area contributed by atoms with Gasteiger partial charge in [-0.25, -0.2) is 4.39 Å². The number of carbonyl (C=O) groups is 1. The Bertz CT molecular complexity index is 848. The van der Waals surface area contributed by atoms with Crippen LogP contribution < -0.4 is 5.32 Å². The minimum Gasteiger partial charge on any atom is -0.347 e. The quantitative estimate of drug-likeness (QED) is 0.800. The van der Waals surface area contributed by atoms with Gasteiger partial charge in [0.05, 0.1) is 0 Å². The fourth-order valence-electron chi connectivity index (χ4n) is 2.32. The number of hydrogen-bond acceptors (Lipinski definition) is 3. The van der Waals surface area contributed by atoms with Gasteiger partial charge in [0.1, 0.15) is 11.5 Å². The summed E-state index contributed by atoms with van der Waals surface area (Å²) < 4.78 is 14.0. The second-order valence-electron chi connectivity index (χ2n) is 5.46. The van der Waals surface area contributed by atoms with E-state index in [9.17, 15) is 9.18 Å². The fraction of sp³-hybridized carbons (Fsp3) is 0.105. The summed E-state index contributed by atoms with van der Waals surface area (Å²) in [5.41, 5.74) is 3.15. The van der Waals surface area contributed by atoms with Gasteiger partial charge < -0.3 is 5.32 Å². The summed E-state index contributed by atoms with van der Waals surface area (Å²) in [5, 5.41) is 2.78. The third-order valence-electron chi connectivity index (χ3n) is 3.61. The molecule has 0 saturated heterocycles. The van der Waals surface area contributed by atoms with Crippen molar-refractivity contribution in [2.75, 3.05) is 0 Å². The average molecular weight is 321 g/mol. The van der Waals surface area contributed by atoms with Crippen molar-refractivity contribution in [3.05, 3.63) is 83.7 Å². The van der Waals surface area contributed by atoms with Crippen LogP contribution in [-0.2, 0) is 6.54 Å². The molecule has 0 fully saturated rings. The molecule has 4 nitrogen and oxygen atoms in total. The second kappa shape index (κ2) is 7.00. The summed E-state index contributed by atoms with van der Waals surface area (Å²) in [6, 6.07) is 12.0. The summed E-state index contributed by atoms with van der Waals surface area (Å²) in [6.45, 7) is 2.21. The lowest BCUT2D eigenvalue weighted by Gasteiger charge is -2.07. The third kappa shape index (κ3) is 3.63. The van der Waals surface area contributed by atoms with E-state index >= 15 is 0 Å². The van der Waals surface area contributed by atoms with E-state index in [4.69, 9.17) is 0 Å². The van der Waals surface area contributed by atoms with Crippen molar-refractivity contribution in [2.24, 2.45) is 0 Å². The number of rotatable bonds is 4. The molecule has 0 aliphatic carbocycles. The molecule has 0 bridgehead atoms. The molecule has 1 amide bonds. The van der Waals surface area contributed by atoms with E-state index in [1.807, 2.05) is 25.1 Å². The molecule has 24 heavy (non-hydrogen) atoms. The monoisotopic (exact) mass is 321 g/mol. The van der Waals surface area contributed by atoms with Gasteiger partial charge in [0.25, 0.3) is 5.91 Å². The maximum absolute atomic E-state index is 14.0. The first-order valence-electron chi connectivity index (χ1n) is 7.53. The zero-order valence-corrected chi connectivity index (χ0v) is 13.2. The van der Waals surface area contributed by atoms with Crippen LogP contribution in [-0.4, -0.2) is 15.9 Å². The lowest BCUT2D eigenvalue weighted by atomic mass is 10.0. The lowest BCUT2D eigenvalue weighted by molar-refractivity contribution is 0.0946. The first-order valence-corrected chi connectivity index (χ1v) is 7.53. The van der Waals surface area contributed by atoms with E-state index in [1.165, 1.54) is 12.3 Å². The van der Waals surface area contributed by atoms with E-state index in [0.717, 1.165) is 11.1 Å². The first-order chi connectivity index (χ1) is 11.6. The number of amides is 1. The molecular formula is C19H16FN3O. The lowest BCUT2D eigenvalue weighted by Crippen LogP contribution is -2.23. The summed E-state index contributed by atoms with van der Waals surface area (Å²) in [7, 11) is 0. The molecular weight excluding hydrogens is 305 g/mol. The van der Waals surface area contributed by atoms with Gasteiger partial charge in [-0.05, 0) is 36.2 Å². The predicted octanol–water partition coefficient (Wildman–Crippen LogP) is 3.52. The van der Waals surface area contributed by atoms with Crippen LogP contribution >= 0.6 is 0 Å². The molecule has 2 heterocycles. The molecule has 0 spiro atoms. The van der Waals surface area contributed by atoms with Crippen molar-refractivity contribution in [2.45, 2.75) is 13.5 Å². The van der Waals surface area contributed by atoms with Crippen molar-refractivity contribution < 1.29 is 9.18 Å². The largest absolute Gasteiger partial charge is 0.347 e. The topological polar surface area (TPSA) is 54.9 Å². The Hall–Kier alpha value is -3.08. The highest BCUT2D eigenvalue weighted by Gasteiger charge is 2.09. The van der Waals surface area contributed by atoms with Crippen LogP contribution in [0, 0.1) is 12.7 Å². The van der Waals surface area contributed by atoms with Crippen molar-refractivity contribution in [3.8, 4) is 11.1 Å². The van der Waals surface area contributed by atoms with Crippen LogP contribution in [0.3, 0.4) is 0 Å². The Kier molecular flexibility index (Phi) is 4.61. The Morgan fingerprint density at radius 2 is 2.04 bits per heavy atom. The normalized spacial score (nSPS) is 10.4. The number of benzene rings is 1. The van der Waals surface area contributed by atoms with Gasteiger partial charge in [-0.2, -0.15) is 0 Å². The molecule has 5 heteroatoms. The third-order valence-corrected chi connectivity index (χ3v) is 3.61. The Morgan fingerprint density at radius 3 is 2.71 bits per heavy atom. The molecule has 0 saturated carbocycles. The Labute approximate surface area is 139 Å². The fourth-order valence-corrected chi connectivity index (χ4v) is 2.32. The highest BCUT2D eigenvalue weighted by Crippen LogP contribution is 2.23. The van der Waals surface area contributed by atoms with E-state index in [2.05, 4.69) is 15.3 Å². The van der Waals surface area contributed by atoms with Crippen molar-refractivity contribution in [1.82, 2.24) is 15.3 Å². The zero-order valence-electron chi connectivity index (χ0n) is 13.2. The molecule has 1 aromatic carbocycles. The smallest absolute Gasteiger partial charge is 0.270 e. The van der Waals surface area contributed by atoms with E-state index in [1.54, 1.807) is 30.6 Å². The van der Waals surface area contributed by atoms with Crippen LogP contribution in [0.2, 0.25) is 0 Å². The Balaban J connectivity index is 1.71. The van der Waals surface area contributed by atoms with Gasteiger partial charge in [0, 0.05) is 36.3 Å². The van der Waals surface area contributed by atoms with Crippen molar-refractivity contribution in [3.63, 3.8) is 0 Å². The summed E-state index contributed by atoms with van der Waals surface area (Å²) in [4.78, 5) is 20.2. The molecule has 0 aliphatic rings. The van der Waals surface area contributed by atoms with Gasteiger partial charge in [0.15, 0.2) is 0 Å². The number of pyridine rings is 2. The van der Waals surface area contributed by atoms with Crippen LogP contribution in [0.5, 0.6) is 0 Å². The van der Waals surface area contributed by atoms with Gasteiger partial charge >= 0.3 is 0 Å². The molecule has 3 aromatic rings. The predicted molar refractivity (Wildman–Crippen MR) is 89.8 cm³/mol. The number of nitrogens with one attached hydrogen (secondary N) is 1. The highest BCUT2D eigenvalue weighted by atomic mass is 19.1. The zero-order chi connectivity index (χ0) is 16.9. The second-order valence-corrected chi connectivity index (χ2v) is 5.46. The van der Waals surface area contributed by atoms with Gasteiger partial charge in [-0.15, -0.1) is 0 Å². The average Bonchev–Trinajstić information content (AvgIpc) is 2.61. The molecule has 2 aromatic heterocycles. The van der Waals surface area contributed by atoms with Crippen molar-refractivity contribution >= 4 is 5.91 Å². The van der Waals surface area contributed by atoms with E-state index in [0.29, 0.717) is 17.7 Å². The number of aromatic nitrogens is 2. The van der Waals surface area contributed by atoms with E-state index in [-0.39, 0.29) is 17.4 Å². The van der Waals surface area contributed by atoms with Crippen LogP contribution in [0.15, 0.2) is 61.1 Å². The standard InChI is InChI=1S/C19H16FN3O/c1-13-4-6-16(17(20)9-13)15-5-7-18(22-12-15)19(24)23-11-14-3-2-8-21-10-14/h2-10,12H,11H2,1H3,(H,23,24). The molecule has 1 N–H and O–H groups in total. The summed E-state index contributed by atoms with van der Waals surface area (Å²) in [6.07, 6.45) is 4.87. The number of carbonyl (C=O) groups excluding carboxylic acids is 1. The minimum atomic E-state index is -0.300. The van der Waals surface area contributed by atoms with Crippen LogP contribution in [0.25, 0.3) is 11.1 Å². The molecule has 3 rings (SSSR count). The number of nitrogens with zero attached hydrogens (tertiary/aromatic N) is 2. The van der Waals surface area contributed by atoms with Gasteiger partial charge in [-0.1, -0.05) is 24.3 Å².